The number of halogens is 2. The zero-order valence-electron chi connectivity index (χ0n) is 7.25. The van der Waals surface area contributed by atoms with Crippen molar-refractivity contribution in [3.63, 3.8) is 0 Å². The molecule has 0 radical (unpaired) electrons. The summed E-state index contributed by atoms with van der Waals surface area (Å²) in [7, 11) is 0. The lowest BCUT2D eigenvalue weighted by molar-refractivity contribution is 0.519. The number of aromatic amines is 1. The number of nitrogen functional groups attached to an aromatic ring is 1. The third-order valence-corrected chi connectivity index (χ3v) is 1.73. The van der Waals surface area contributed by atoms with Gasteiger partial charge in [-0.1, -0.05) is 0 Å². The highest BCUT2D eigenvalue weighted by Crippen LogP contribution is 2.25. The van der Waals surface area contributed by atoms with E-state index in [-0.39, 0.29) is 17.1 Å². The minimum Gasteiger partial charge on any atom is -0.396 e. The molecule has 1 aromatic carbocycles. The number of hydrogen-bond acceptors (Lipinski definition) is 4. The molecule has 0 spiro atoms. The van der Waals surface area contributed by atoms with Crippen molar-refractivity contribution >= 4 is 5.69 Å². The van der Waals surface area contributed by atoms with E-state index in [2.05, 4.69) is 9.52 Å². The molecule has 7 heteroatoms. The monoisotopic (exact) mass is 213 g/mol. The molecule has 0 atom stereocenters. The normalized spacial score (nSPS) is 10.5. The molecule has 0 saturated carbocycles. The van der Waals surface area contributed by atoms with Crippen LogP contribution in [0.25, 0.3) is 11.5 Å². The fourth-order valence-corrected chi connectivity index (χ4v) is 1.11. The lowest BCUT2D eigenvalue weighted by Crippen LogP contribution is -1.96. The molecule has 15 heavy (non-hydrogen) atoms. The van der Waals surface area contributed by atoms with Crippen LogP contribution in [0.1, 0.15) is 0 Å². The first kappa shape index (κ1) is 9.38. The summed E-state index contributed by atoms with van der Waals surface area (Å²) >= 11 is 0. The van der Waals surface area contributed by atoms with Gasteiger partial charge < -0.3 is 10.2 Å². The highest BCUT2D eigenvalue weighted by atomic mass is 19.1. The number of aromatic nitrogens is 2. The van der Waals surface area contributed by atoms with Gasteiger partial charge in [-0.2, -0.15) is 0 Å². The third-order valence-electron chi connectivity index (χ3n) is 1.73. The molecule has 1 aromatic heterocycles. The van der Waals surface area contributed by atoms with Crippen molar-refractivity contribution in [2.45, 2.75) is 0 Å². The highest BCUT2D eigenvalue weighted by molar-refractivity contribution is 5.61. The molecule has 5 nitrogen and oxygen atoms in total. The smallest absolute Gasteiger partial charge is 0.396 e. The van der Waals surface area contributed by atoms with Crippen LogP contribution in [0.3, 0.4) is 0 Å². The summed E-state index contributed by atoms with van der Waals surface area (Å²) in [6.45, 7) is 0. The molecule has 0 fully saturated rings. The molecule has 1 heterocycles. The molecule has 0 saturated heterocycles. The van der Waals surface area contributed by atoms with E-state index in [0.29, 0.717) is 0 Å². The van der Waals surface area contributed by atoms with E-state index in [1.165, 1.54) is 0 Å². The van der Waals surface area contributed by atoms with E-state index in [4.69, 9.17) is 5.73 Å². The number of nitrogens with two attached hydrogens (primary N) is 1. The molecular formula is C8H5F2N3O2. The maximum absolute atomic E-state index is 13.4. The second kappa shape index (κ2) is 3.19. The van der Waals surface area contributed by atoms with Gasteiger partial charge in [0.2, 0.25) is 0 Å². The van der Waals surface area contributed by atoms with Gasteiger partial charge in [0, 0.05) is 0 Å². The van der Waals surface area contributed by atoms with Crippen LogP contribution in [0.5, 0.6) is 0 Å². The Labute approximate surface area is 81.5 Å². The number of H-pyrrole nitrogens is 1. The predicted molar refractivity (Wildman–Crippen MR) is 46.9 cm³/mol. The molecule has 3 N–H and O–H groups in total. The highest BCUT2D eigenvalue weighted by Gasteiger charge is 2.15. The molecule has 0 aliphatic rings. The molecule has 0 aliphatic heterocycles. The van der Waals surface area contributed by atoms with Crippen LogP contribution >= 0.6 is 0 Å². The molecule has 2 rings (SSSR count). The third kappa shape index (κ3) is 1.58. The van der Waals surface area contributed by atoms with Crippen molar-refractivity contribution in [1.82, 2.24) is 10.2 Å². The topological polar surface area (TPSA) is 84.9 Å². The van der Waals surface area contributed by atoms with E-state index in [0.717, 1.165) is 12.1 Å². The first-order chi connectivity index (χ1) is 7.08. The molecule has 0 aliphatic carbocycles. The molecule has 0 bridgehead atoms. The van der Waals surface area contributed by atoms with Crippen molar-refractivity contribution in [2.75, 3.05) is 5.73 Å². The van der Waals surface area contributed by atoms with Gasteiger partial charge in [-0.3, -0.25) is 0 Å². The Balaban J connectivity index is 2.67. The quantitative estimate of drug-likeness (QED) is 0.689. The van der Waals surface area contributed by atoms with Crippen LogP contribution in [0.2, 0.25) is 0 Å². The number of benzene rings is 1. The van der Waals surface area contributed by atoms with Crippen molar-refractivity contribution in [1.29, 1.82) is 0 Å². The summed E-state index contributed by atoms with van der Waals surface area (Å²) in [5, 5.41) is 5.29. The van der Waals surface area contributed by atoms with Crippen molar-refractivity contribution < 1.29 is 13.2 Å². The number of hydrogen-bond donors (Lipinski definition) is 2. The number of rotatable bonds is 1. The summed E-state index contributed by atoms with van der Waals surface area (Å²) in [4.78, 5) is 10.6. The summed E-state index contributed by atoms with van der Waals surface area (Å²) in [6, 6.07) is 1.66. The summed E-state index contributed by atoms with van der Waals surface area (Å²) < 4.78 is 30.7. The first-order valence-electron chi connectivity index (χ1n) is 3.88. The second-order valence-corrected chi connectivity index (χ2v) is 2.77. The van der Waals surface area contributed by atoms with Gasteiger partial charge in [0.05, 0.1) is 11.3 Å². The second-order valence-electron chi connectivity index (χ2n) is 2.77. The van der Waals surface area contributed by atoms with Crippen LogP contribution < -0.4 is 11.5 Å². The van der Waals surface area contributed by atoms with Gasteiger partial charge in [0.25, 0.3) is 5.89 Å². The molecule has 0 amide bonds. The fourth-order valence-electron chi connectivity index (χ4n) is 1.11. The van der Waals surface area contributed by atoms with Crippen LogP contribution in [-0.2, 0) is 0 Å². The van der Waals surface area contributed by atoms with Crippen LogP contribution in [0.15, 0.2) is 21.3 Å². The summed E-state index contributed by atoms with van der Waals surface area (Å²) in [5.74, 6) is -2.82. The Morgan fingerprint density at radius 3 is 2.73 bits per heavy atom. The van der Waals surface area contributed by atoms with E-state index >= 15 is 0 Å². The van der Waals surface area contributed by atoms with Gasteiger partial charge in [-0.15, -0.1) is 5.10 Å². The Morgan fingerprint density at radius 2 is 2.13 bits per heavy atom. The fraction of sp³-hybridized carbons (Fsp3) is 0. The number of anilines is 1. The SMILES string of the molecule is Nc1cc(F)cc(-c2n[nH]c(=O)o2)c1F. The van der Waals surface area contributed by atoms with E-state index in [1.807, 2.05) is 5.10 Å². The van der Waals surface area contributed by atoms with E-state index in [1.54, 1.807) is 0 Å². The van der Waals surface area contributed by atoms with Crippen LogP contribution in [0.4, 0.5) is 14.5 Å². The minimum atomic E-state index is -0.883. The van der Waals surface area contributed by atoms with E-state index < -0.39 is 17.4 Å². The largest absolute Gasteiger partial charge is 0.434 e. The standard InChI is InChI=1S/C8H5F2N3O2/c9-3-1-4(6(10)5(11)2-3)7-12-13-8(14)15-7/h1-2H,11H2,(H,13,14). The zero-order valence-corrected chi connectivity index (χ0v) is 7.25. The molecule has 0 unspecified atom stereocenters. The van der Waals surface area contributed by atoms with Crippen LogP contribution in [0, 0.1) is 11.6 Å². The van der Waals surface area contributed by atoms with Crippen molar-refractivity contribution in [3.8, 4) is 11.5 Å². The molecule has 78 valence electrons. The van der Waals surface area contributed by atoms with Gasteiger partial charge in [0.1, 0.15) is 5.82 Å². The maximum atomic E-state index is 13.4. The van der Waals surface area contributed by atoms with Crippen molar-refractivity contribution in [3.05, 3.63) is 34.3 Å². The van der Waals surface area contributed by atoms with Crippen molar-refractivity contribution in [2.24, 2.45) is 0 Å². The van der Waals surface area contributed by atoms with Gasteiger partial charge in [-0.05, 0) is 12.1 Å². The van der Waals surface area contributed by atoms with Gasteiger partial charge in [0.15, 0.2) is 5.82 Å². The summed E-state index contributed by atoms with van der Waals surface area (Å²) in [6.07, 6.45) is 0. The average molecular weight is 213 g/mol. The van der Waals surface area contributed by atoms with Crippen LogP contribution in [-0.4, -0.2) is 10.2 Å². The molecule has 2 aromatic rings. The van der Waals surface area contributed by atoms with Gasteiger partial charge in [-0.25, -0.2) is 18.7 Å². The lowest BCUT2D eigenvalue weighted by atomic mass is 10.2. The number of nitrogens with one attached hydrogen (secondary N) is 1. The predicted octanol–water partition coefficient (Wildman–Crippen LogP) is 0.890. The van der Waals surface area contributed by atoms with E-state index in [9.17, 15) is 13.6 Å². The maximum Gasteiger partial charge on any atom is 0.434 e. The Hall–Kier alpha value is -2.18. The zero-order chi connectivity index (χ0) is 11.0. The summed E-state index contributed by atoms with van der Waals surface area (Å²) in [5.41, 5.74) is 4.51. The Bertz CT molecular complexity index is 561. The number of nitrogens with zero attached hydrogens (tertiary/aromatic N) is 1. The first-order valence-corrected chi connectivity index (χ1v) is 3.88. The molecular weight excluding hydrogens is 208 g/mol. The Morgan fingerprint density at radius 1 is 1.40 bits per heavy atom. The minimum absolute atomic E-state index is 0.300. The Kier molecular flexibility index (Phi) is 2.00. The average Bonchev–Trinajstić information content (AvgIpc) is 2.58. The lowest BCUT2D eigenvalue weighted by Gasteiger charge is -2.01. The van der Waals surface area contributed by atoms with Gasteiger partial charge >= 0.3 is 5.76 Å².